The Kier molecular flexibility index (Phi) is 0.0960. The summed E-state index contributed by atoms with van der Waals surface area (Å²) in [5.74, 6) is 1.38. The molecule has 4 atom stereocenters. The molecule has 10 aliphatic rings. The third-order valence-corrected chi connectivity index (χ3v) is 59.0. The van der Waals surface area contributed by atoms with E-state index in [1.165, 1.54) is 49.1 Å². The van der Waals surface area contributed by atoms with Crippen molar-refractivity contribution in [3.8, 4) is 0 Å². The first-order chi connectivity index (χ1) is 6.11. The van der Waals surface area contributed by atoms with E-state index in [4.69, 9.17) is 12.6 Å². The maximum atomic E-state index is 4.82. The fourth-order valence-corrected chi connectivity index (χ4v) is 94.7. The van der Waals surface area contributed by atoms with Crippen molar-refractivity contribution in [1.82, 2.24) is 0 Å². The van der Waals surface area contributed by atoms with Crippen molar-refractivity contribution < 1.29 is 6.51 Å². The van der Waals surface area contributed by atoms with Crippen LogP contribution in [-0.2, 0) is 6.51 Å². The number of fused-ring (bicyclic) bond motifs is 10. The van der Waals surface area contributed by atoms with Crippen LogP contribution in [0.1, 0.15) is 0 Å². The van der Waals surface area contributed by atoms with E-state index in [-0.39, 0.29) is 0 Å². The molecule has 1 spiro atoms. The molecule has 70 valence electrons. The van der Waals surface area contributed by atoms with Crippen LogP contribution in [-0.4, -0.2) is 5.75 Å². The first kappa shape index (κ1) is 4.39. The second kappa shape index (κ2) is 0.284. The molecule has 10 aliphatic heterocycles. The van der Waals surface area contributed by atoms with Gasteiger partial charge in [-0.05, 0) is 0 Å². The van der Waals surface area contributed by atoms with Crippen LogP contribution in [0.2, 0.25) is 47.7 Å². The zero-order valence-corrected chi connectivity index (χ0v) is 9.20. The summed E-state index contributed by atoms with van der Waals surface area (Å²) in [4.78, 5) is 13.6. The van der Waals surface area contributed by atoms with E-state index < -0.39 is 6.51 Å². The van der Waals surface area contributed by atoms with Crippen LogP contribution >= 0.6 is 12.6 Å². The van der Waals surface area contributed by atoms with E-state index in [9.17, 15) is 0 Å². The third-order valence-electron chi connectivity index (χ3n) is 15.2. The van der Waals surface area contributed by atoms with Crippen LogP contribution < -0.4 is 0 Å². The maximum absolute atomic E-state index is 4.82. The average molecular weight is 232 g/mol. The van der Waals surface area contributed by atoms with E-state index in [2.05, 4.69) is 0 Å². The van der Waals surface area contributed by atoms with Crippen molar-refractivity contribution in [2.45, 2.75) is 47.7 Å². The Bertz CT molecular complexity index is 770. The van der Waals surface area contributed by atoms with Gasteiger partial charge >= 0.3 is 72.6 Å². The Morgan fingerprint density at radius 1 is 0.846 bits per heavy atom. The summed E-state index contributed by atoms with van der Waals surface area (Å²) in [6.07, 6.45) is 0. The molecule has 0 N–H and O–H groups in total. The summed E-state index contributed by atoms with van der Waals surface area (Å²) < 4.78 is 1.10. The van der Waals surface area contributed by atoms with Crippen LogP contribution in [0.4, 0.5) is 0 Å². The van der Waals surface area contributed by atoms with Gasteiger partial charge in [-0.15, -0.1) is 0 Å². The van der Waals surface area contributed by atoms with Crippen molar-refractivity contribution in [2.24, 2.45) is 0 Å². The molecule has 0 saturated carbocycles. The molecule has 0 aromatic carbocycles. The molecule has 0 aromatic rings. The molecule has 4 unspecified atom stereocenters. The van der Waals surface area contributed by atoms with E-state index in [1.54, 1.807) is 0 Å². The van der Waals surface area contributed by atoms with Crippen LogP contribution in [0.5, 0.6) is 0 Å². The number of thiol groups is 1. The predicted molar refractivity (Wildman–Crippen MR) is 50.3 cm³/mol. The number of hydrogen-bond donors (Lipinski definition) is 1. The van der Waals surface area contributed by atoms with E-state index in [1.807, 2.05) is 0 Å². The van der Waals surface area contributed by atoms with Crippen LogP contribution in [0.15, 0.2) is 0 Å². The quantitative estimate of drug-likeness (QED) is 0.517. The molecule has 0 aliphatic carbocycles. The first-order valence-electron chi connectivity index (χ1n) is 5.93. The molecule has 10 fully saturated rings. The van der Waals surface area contributed by atoms with Gasteiger partial charge in [0, 0.05) is 0 Å². The fourth-order valence-electron chi connectivity index (χ4n) is 17.1. The Balaban J connectivity index is 2.08. The predicted octanol–water partition coefficient (Wildman–Crippen LogP) is 3.68. The molecule has 0 radical (unpaired) electrons. The summed E-state index contributed by atoms with van der Waals surface area (Å²) >= 11 is 4.82. The number of rotatable bonds is 1. The van der Waals surface area contributed by atoms with Crippen molar-refractivity contribution in [3.05, 3.63) is 0 Å². The normalized spacial score (nSPS) is 152. The van der Waals surface area contributed by atoms with E-state index in [0.717, 1.165) is 4.31 Å². The van der Waals surface area contributed by atoms with Crippen molar-refractivity contribution in [3.63, 3.8) is 0 Å². The second-order valence-electron chi connectivity index (χ2n) is 9.99. The van der Waals surface area contributed by atoms with Crippen molar-refractivity contribution >= 4 is 12.6 Å². The van der Waals surface area contributed by atoms with Gasteiger partial charge in [0.2, 0.25) is 0 Å². The summed E-state index contributed by atoms with van der Waals surface area (Å²) in [6, 6.07) is 0. The van der Waals surface area contributed by atoms with E-state index >= 15 is 0 Å². The summed E-state index contributed by atoms with van der Waals surface area (Å²) in [7, 11) is 0. The van der Waals surface area contributed by atoms with Crippen LogP contribution in [0.25, 0.3) is 0 Å². The molecule has 0 nitrogen and oxygen atoms in total. The van der Waals surface area contributed by atoms with Gasteiger partial charge in [-0.1, -0.05) is 0 Å². The molecule has 0 amide bonds. The Hall–Kier alpha value is 0.869. The van der Waals surface area contributed by atoms with Crippen molar-refractivity contribution in [2.75, 3.05) is 5.75 Å². The second-order valence-corrected chi connectivity index (χ2v) is 34.0. The van der Waals surface area contributed by atoms with Gasteiger partial charge in [0.05, 0.1) is 0 Å². The zero-order valence-electron chi connectivity index (χ0n) is 7.20. The van der Waals surface area contributed by atoms with E-state index in [0.29, 0.717) is 0 Å². The fraction of sp³-hybridized carbons (Fsp3) is 1.00. The van der Waals surface area contributed by atoms with Gasteiger partial charge in [0.15, 0.2) is 0 Å². The molecule has 10 heterocycles. The zero-order chi connectivity index (χ0) is 7.72. The Morgan fingerprint density at radius 2 is 1.31 bits per heavy atom. The molecule has 13 heavy (non-hydrogen) atoms. The SMILES string of the molecule is SC[C]12[CH]3[CH]4[CH]5[CH]1[Fe]45321678[CH]2[CH]1[CH]6[CH]7[CH]28. The average Bonchev–Trinajstić information content (AvgIpc) is 3.12. The molecule has 10 rings (SSSR count). The first-order valence-corrected chi connectivity index (χ1v) is 12.8. The molecule has 0 bridgehead atoms. The third kappa shape index (κ3) is 0.0323. The van der Waals surface area contributed by atoms with Crippen LogP contribution in [0.3, 0.4) is 0 Å². The van der Waals surface area contributed by atoms with Crippen LogP contribution in [0, 0.1) is 0 Å². The minimum atomic E-state index is -2.58. The van der Waals surface area contributed by atoms with Crippen molar-refractivity contribution in [1.29, 1.82) is 0 Å². The van der Waals surface area contributed by atoms with Gasteiger partial charge in [0.25, 0.3) is 0 Å². The van der Waals surface area contributed by atoms with Gasteiger partial charge in [-0.25, -0.2) is 0 Å². The summed E-state index contributed by atoms with van der Waals surface area (Å²) in [5, 5.41) is 0. The standard InChI is InChI=1S/C6H7S.C5H5.Fe/c7-5-6-3-1-2-4-6;1-2-4-5-3-1;/h1-4,7H,5H2;1-5H;. The molecular weight excluding hydrogens is 220 g/mol. The molecule has 2 heteroatoms. The van der Waals surface area contributed by atoms with Gasteiger partial charge < -0.3 is 0 Å². The molecule has 10 saturated heterocycles. The minimum absolute atomic E-state index is 1.10. The Labute approximate surface area is 72.5 Å². The summed E-state index contributed by atoms with van der Waals surface area (Å²) in [5.41, 5.74) is 0. The topological polar surface area (TPSA) is 0 Å². The monoisotopic (exact) mass is 232 g/mol. The van der Waals surface area contributed by atoms with Gasteiger partial charge in [0.1, 0.15) is 0 Å². The van der Waals surface area contributed by atoms with Gasteiger partial charge in [-0.2, -0.15) is 0 Å². The summed E-state index contributed by atoms with van der Waals surface area (Å²) in [6.45, 7) is -2.58. The molecule has 0 aromatic heterocycles. The Morgan fingerprint density at radius 3 is 1.38 bits per heavy atom. The van der Waals surface area contributed by atoms with Gasteiger partial charge in [-0.3, -0.25) is 0 Å². The number of hydrogen-bond acceptors (Lipinski definition) is 1. The molecular formula is C11H12FeS.